The number of aryl methyl sites for hydroxylation is 1. The second kappa shape index (κ2) is 8.22. The van der Waals surface area contributed by atoms with Crippen molar-refractivity contribution in [3.63, 3.8) is 0 Å². The smallest absolute Gasteiger partial charge is 0.317 e. The lowest BCUT2D eigenvalue weighted by atomic mass is 10.1. The van der Waals surface area contributed by atoms with Crippen LogP contribution in [0.1, 0.15) is 16.7 Å². The zero-order valence-corrected chi connectivity index (χ0v) is 14.0. The number of amides is 2. The molecule has 2 rings (SSSR count). The van der Waals surface area contributed by atoms with E-state index in [1.165, 1.54) is 5.56 Å². The van der Waals surface area contributed by atoms with Gasteiger partial charge in [-0.1, -0.05) is 42.5 Å². The van der Waals surface area contributed by atoms with Crippen molar-refractivity contribution in [2.75, 3.05) is 20.2 Å². The lowest BCUT2D eigenvalue weighted by Gasteiger charge is -2.18. The zero-order chi connectivity index (χ0) is 16.7. The lowest BCUT2D eigenvalue weighted by molar-refractivity contribution is 0.203. The highest BCUT2D eigenvalue weighted by Gasteiger charge is 2.08. The highest BCUT2D eigenvalue weighted by molar-refractivity contribution is 5.73. The first-order valence-corrected chi connectivity index (χ1v) is 7.80. The molecule has 0 unspecified atom stereocenters. The Hall–Kier alpha value is -2.49. The van der Waals surface area contributed by atoms with Crippen molar-refractivity contribution in [2.24, 2.45) is 0 Å². The van der Waals surface area contributed by atoms with Crippen molar-refractivity contribution in [1.82, 2.24) is 10.2 Å². The van der Waals surface area contributed by atoms with E-state index >= 15 is 0 Å². The third-order valence-electron chi connectivity index (χ3n) is 3.80. The van der Waals surface area contributed by atoms with Crippen molar-refractivity contribution in [3.05, 3.63) is 65.2 Å². The number of hydrogen-bond donors (Lipinski definition) is 1. The average molecular weight is 312 g/mol. The molecule has 4 nitrogen and oxygen atoms in total. The maximum atomic E-state index is 12.0. The molecule has 0 aliphatic rings. The summed E-state index contributed by atoms with van der Waals surface area (Å²) in [5.41, 5.74) is 3.45. The van der Waals surface area contributed by atoms with Crippen LogP contribution in [0.5, 0.6) is 5.75 Å². The monoisotopic (exact) mass is 312 g/mol. The molecule has 0 radical (unpaired) electrons. The van der Waals surface area contributed by atoms with Gasteiger partial charge in [0.25, 0.3) is 0 Å². The van der Waals surface area contributed by atoms with Crippen molar-refractivity contribution >= 4 is 6.03 Å². The minimum atomic E-state index is -0.0987. The van der Waals surface area contributed by atoms with E-state index in [0.717, 1.165) is 16.9 Å². The SMILES string of the molecule is Cc1cccc(OCCNC(=O)N(C)Cc2ccccc2)c1C. The molecule has 0 saturated carbocycles. The van der Waals surface area contributed by atoms with Crippen LogP contribution in [0.15, 0.2) is 48.5 Å². The van der Waals surface area contributed by atoms with E-state index in [1.54, 1.807) is 11.9 Å². The fourth-order valence-corrected chi connectivity index (χ4v) is 2.26. The summed E-state index contributed by atoms with van der Waals surface area (Å²) in [4.78, 5) is 13.7. The second-order valence-electron chi connectivity index (χ2n) is 5.62. The minimum Gasteiger partial charge on any atom is -0.491 e. The van der Waals surface area contributed by atoms with Crippen LogP contribution in [0.4, 0.5) is 4.79 Å². The molecule has 1 N–H and O–H groups in total. The Morgan fingerprint density at radius 3 is 2.57 bits per heavy atom. The Bertz CT molecular complexity index is 641. The highest BCUT2D eigenvalue weighted by Crippen LogP contribution is 2.20. The molecule has 0 bridgehead atoms. The maximum absolute atomic E-state index is 12.0. The molecule has 2 aromatic rings. The highest BCUT2D eigenvalue weighted by atomic mass is 16.5. The molecule has 2 aromatic carbocycles. The summed E-state index contributed by atoms with van der Waals surface area (Å²) in [5.74, 6) is 0.872. The number of nitrogens with one attached hydrogen (secondary N) is 1. The third kappa shape index (κ3) is 5.02. The van der Waals surface area contributed by atoms with Gasteiger partial charge in [0.1, 0.15) is 12.4 Å². The van der Waals surface area contributed by atoms with Crippen LogP contribution in [0.25, 0.3) is 0 Å². The fourth-order valence-electron chi connectivity index (χ4n) is 2.26. The summed E-state index contributed by atoms with van der Waals surface area (Å²) in [6, 6.07) is 15.8. The van der Waals surface area contributed by atoms with Gasteiger partial charge in [-0.2, -0.15) is 0 Å². The fraction of sp³-hybridized carbons (Fsp3) is 0.316. The topological polar surface area (TPSA) is 41.6 Å². The van der Waals surface area contributed by atoms with Crippen molar-refractivity contribution in [1.29, 1.82) is 0 Å². The molecule has 23 heavy (non-hydrogen) atoms. The molecule has 0 aliphatic heterocycles. The number of carbonyl (C=O) groups is 1. The van der Waals surface area contributed by atoms with Gasteiger partial charge in [-0.15, -0.1) is 0 Å². The predicted molar refractivity (Wildman–Crippen MR) is 92.7 cm³/mol. The van der Waals surface area contributed by atoms with E-state index < -0.39 is 0 Å². The quantitative estimate of drug-likeness (QED) is 0.829. The number of benzene rings is 2. The van der Waals surface area contributed by atoms with Gasteiger partial charge in [-0.3, -0.25) is 0 Å². The van der Waals surface area contributed by atoms with E-state index in [1.807, 2.05) is 49.4 Å². The Morgan fingerprint density at radius 2 is 1.83 bits per heavy atom. The van der Waals surface area contributed by atoms with E-state index in [0.29, 0.717) is 19.7 Å². The molecule has 0 spiro atoms. The van der Waals surface area contributed by atoms with Gasteiger partial charge in [0, 0.05) is 13.6 Å². The van der Waals surface area contributed by atoms with Gasteiger partial charge in [-0.05, 0) is 36.6 Å². The number of hydrogen-bond acceptors (Lipinski definition) is 2. The standard InChI is InChI=1S/C19H24N2O2/c1-15-8-7-11-18(16(15)2)23-13-12-20-19(22)21(3)14-17-9-5-4-6-10-17/h4-11H,12-14H2,1-3H3,(H,20,22). The number of carbonyl (C=O) groups excluding carboxylic acids is 1. The summed E-state index contributed by atoms with van der Waals surface area (Å²) in [6.07, 6.45) is 0. The first kappa shape index (κ1) is 16.9. The van der Waals surface area contributed by atoms with Crippen LogP contribution < -0.4 is 10.1 Å². The third-order valence-corrected chi connectivity index (χ3v) is 3.80. The molecule has 0 aliphatic carbocycles. The predicted octanol–water partition coefficient (Wildman–Crippen LogP) is 3.52. The van der Waals surface area contributed by atoms with Crippen LogP contribution in [-0.4, -0.2) is 31.1 Å². The molecular formula is C19H24N2O2. The molecule has 4 heteroatoms. The van der Waals surface area contributed by atoms with Gasteiger partial charge in [-0.25, -0.2) is 4.79 Å². The van der Waals surface area contributed by atoms with E-state index in [-0.39, 0.29) is 6.03 Å². The summed E-state index contributed by atoms with van der Waals surface area (Å²) >= 11 is 0. The Morgan fingerprint density at radius 1 is 1.09 bits per heavy atom. The van der Waals surface area contributed by atoms with Crippen molar-refractivity contribution < 1.29 is 9.53 Å². The van der Waals surface area contributed by atoms with Crippen LogP contribution in [0, 0.1) is 13.8 Å². The lowest BCUT2D eigenvalue weighted by Crippen LogP contribution is -2.38. The number of rotatable bonds is 6. The van der Waals surface area contributed by atoms with Crippen LogP contribution in [-0.2, 0) is 6.54 Å². The second-order valence-corrected chi connectivity index (χ2v) is 5.62. The summed E-state index contributed by atoms with van der Waals surface area (Å²) in [7, 11) is 1.79. The summed E-state index contributed by atoms with van der Waals surface area (Å²) in [6.45, 7) is 5.62. The van der Waals surface area contributed by atoms with E-state index in [2.05, 4.69) is 18.3 Å². The molecule has 0 aromatic heterocycles. The summed E-state index contributed by atoms with van der Waals surface area (Å²) in [5, 5.41) is 2.87. The maximum Gasteiger partial charge on any atom is 0.317 e. The van der Waals surface area contributed by atoms with E-state index in [4.69, 9.17) is 4.74 Å². The van der Waals surface area contributed by atoms with Crippen LogP contribution in [0.2, 0.25) is 0 Å². The van der Waals surface area contributed by atoms with Crippen molar-refractivity contribution in [2.45, 2.75) is 20.4 Å². The average Bonchev–Trinajstić information content (AvgIpc) is 2.56. The Kier molecular flexibility index (Phi) is 6.03. The van der Waals surface area contributed by atoms with Crippen LogP contribution in [0.3, 0.4) is 0 Å². The number of urea groups is 1. The molecule has 122 valence electrons. The first-order chi connectivity index (χ1) is 11.1. The first-order valence-electron chi connectivity index (χ1n) is 7.80. The molecule has 0 atom stereocenters. The number of ether oxygens (including phenoxy) is 1. The molecule has 2 amide bonds. The zero-order valence-electron chi connectivity index (χ0n) is 14.0. The Labute approximate surface area is 138 Å². The van der Waals surface area contributed by atoms with Crippen LogP contribution >= 0.6 is 0 Å². The number of nitrogens with zero attached hydrogens (tertiary/aromatic N) is 1. The largest absolute Gasteiger partial charge is 0.491 e. The Balaban J connectivity index is 1.73. The molecule has 0 heterocycles. The molecule has 0 saturated heterocycles. The van der Waals surface area contributed by atoms with Gasteiger partial charge in [0.05, 0.1) is 6.54 Å². The minimum absolute atomic E-state index is 0.0987. The van der Waals surface area contributed by atoms with Gasteiger partial charge >= 0.3 is 6.03 Å². The molecular weight excluding hydrogens is 288 g/mol. The van der Waals surface area contributed by atoms with Gasteiger partial charge in [0.2, 0.25) is 0 Å². The van der Waals surface area contributed by atoms with Gasteiger partial charge < -0.3 is 15.0 Å². The van der Waals surface area contributed by atoms with Crippen molar-refractivity contribution in [3.8, 4) is 5.75 Å². The van der Waals surface area contributed by atoms with Gasteiger partial charge in [0.15, 0.2) is 0 Å². The summed E-state index contributed by atoms with van der Waals surface area (Å²) < 4.78 is 5.73. The normalized spacial score (nSPS) is 10.2. The molecule has 0 fully saturated rings. The van der Waals surface area contributed by atoms with E-state index in [9.17, 15) is 4.79 Å².